The molecule has 1 N–H and O–H groups in total. The van der Waals surface area contributed by atoms with E-state index in [4.69, 9.17) is 0 Å². The summed E-state index contributed by atoms with van der Waals surface area (Å²) in [6.07, 6.45) is 7.31. The minimum Gasteiger partial charge on any atom is -0.366 e. The first-order valence-electron chi connectivity index (χ1n) is 5.38. The summed E-state index contributed by atoms with van der Waals surface area (Å²) in [5, 5.41) is 8.47. The molecule has 2 rings (SSSR count). The molecule has 0 amide bonds. The van der Waals surface area contributed by atoms with Gasteiger partial charge in [0.1, 0.15) is 17.2 Å². The summed E-state index contributed by atoms with van der Waals surface area (Å²) in [4.78, 5) is 8.33. The van der Waals surface area contributed by atoms with Gasteiger partial charge in [-0.1, -0.05) is 0 Å². The molecule has 5 nitrogen and oxygen atoms in total. The number of anilines is 1. The zero-order valence-corrected chi connectivity index (χ0v) is 10.7. The summed E-state index contributed by atoms with van der Waals surface area (Å²) in [5.74, 6) is 0.851. The van der Waals surface area contributed by atoms with Gasteiger partial charge in [-0.2, -0.15) is 5.10 Å². The fraction of sp³-hybridized carbons (Fsp3) is 0.364. The van der Waals surface area contributed by atoms with Gasteiger partial charge in [-0.3, -0.25) is 4.68 Å². The molecule has 0 saturated heterocycles. The first-order chi connectivity index (χ1) is 8.28. The van der Waals surface area contributed by atoms with Crippen molar-refractivity contribution in [2.45, 2.75) is 24.5 Å². The van der Waals surface area contributed by atoms with Gasteiger partial charge in [0.05, 0.1) is 6.54 Å². The zero-order valence-electron chi connectivity index (χ0n) is 9.87. The average molecular weight is 249 g/mol. The molecule has 0 bridgehead atoms. The molecule has 0 saturated carbocycles. The van der Waals surface area contributed by atoms with Gasteiger partial charge in [0.15, 0.2) is 0 Å². The van der Waals surface area contributed by atoms with Gasteiger partial charge < -0.3 is 5.32 Å². The van der Waals surface area contributed by atoms with Gasteiger partial charge in [0, 0.05) is 24.5 Å². The van der Waals surface area contributed by atoms with Crippen LogP contribution in [0.2, 0.25) is 0 Å². The van der Waals surface area contributed by atoms with E-state index < -0.39 is 0 Å². The van der Waals surface area contributed by atoms with E-state index in [0.29, 0.717) is 0 Å². The van der Waals surface area contributed by atoms with E-state index in [1.807, 2.05) is 29.3 Å². The molecule has 0 spiro atoms. The Bertz CT molecular complexity index is 457. The van der Waals surface area contributed by atoms with E-state index in [-0.39, 0.29) is 6.04 Å². The van der Waals surface area contributed by atoms with Crippen LogP contribution in [0.4, 0.5) is 5.82 Å². The van der Waals surface area contributed by atoms with E-state index in [0.717, 1.165) is 17.4 Å². The predicted molar refractivity (Wildman–Crippen MR) is 69.1 cm³/mol. The lowest BCUT2D eigenvalue weighted by Crippen LogP contribution is -2.22. The third-order valence-corrected chi connectivity index (χ3v) is 2.91. The third kappa shape index (κ3) is 3.45. The number of hydrogen-bond acceptors (Lipinski definition) is 5. The average Bonchev–Trinajstić information content (AvgIpc) is 2.82. The fourth-order valence-electron chi connectivity index (χ4n) is 1.52. The van der Waals surface area contributed by atoms with Crippen LogP contribution < -0.4 is 5.32 Å². The molecular formula is C11H15N5S. The number of hydrogen-bond donors (Lipinski definition) is 1. The molecular weight excluding hydrogens is 234 g/mol. The van der Waals surface area contributed by atoms with E-state index in [2.05, 4.69) is 27.3 Å². The second kappa shape index (κ2) is 5.67. The van der Waals surface area contributed by atoms with E-state index in [9.17, 15) is 0 Å². The lowest BCUT2D eigenvalue weighted by atomic mass is 10.3. The number of thioether (sulfide) groups is 1. The van der Waals surface area contributed by atoms with E-state index in [1.165, 1.54) is 0 Å². The summed E-state index contributed by atoms with van der Waals surface area (Å²) in [7, 11) is 0. The summed E-state index contributed by atoms with van der Waals surface area (Å²) in [5.41, 5.74) is 0. The molecule has 2 aromatic rings. The smallest absolute Gasteiger partial charge is 0.130 e. The largest absolute Gasteiger partial charge is 0.366 e. The Balaban J connectivity index is 1.95. The highest BCUT2D eigenvalue weighted by molar-refractivity contribution is 7.98. The molecule has 0 aromatic carbocycles. The van der Waals surface area contributed by atoms with Crippen LogP contribution in [0.5, 0.6) is 0 Å². The van der Waals surface area contributed by atoms with Crippen LogP contribution >= 0.6 is 11.8 Å². The standard InChI is InChI=1S/C11H15N5S/c1-9(7-16-5-3-4-14-16)15-10-6-11(17-2)13-8-12-10/h3-6,8-9H,7H2,1-2H3,(H,12,13,15). The zero-order chi connectivity index (χ0) is 12.1. The molecule has 2 heterocycles. The minimum atomic E-state index is 0.263. The van der Waals surface area contributed by atoms with Crippen molar-refractivity contribution in [2.75, 3.05) is 11.6 Å². The maximum Gasteiger partial charge on any atom is 0.130 e. The first kappa shape index (κ1) is 11.9. The molecule has 1 atom stereocenters. The van der Waals surface area contributed by atoms with Crippen molar-refractivity contribution in [3.63, 3.8) is 0 Å². The van der Waals surface area contributed by atoms with Gasteiger partial charge in [-0.25, -0.2) is 9.97 Å². The summed E-state index contributed by atoms with van der Waals surface area (Å²) in [6, 6.07) is 4.13. The molecule has 90 valence electrons. The maximum atomic E-state index is 4.19. The lowest BCUT2D eigenvalue weighted by molar-refractivity contribution is 0.559. The summed E-state index contributed by atoms with van der Waals surface area (Å²) >= 11 is 1.61. The highest BCUT2D eigenvalue weighted by atomic mass is 32.2. The Morgan fingerprint density at radius 3 is 3.06 bits per heavy atom. The number of aromatic nitrogens is 4. The second-order valence-electron chi connectivity index (χ2n) is 3.72. The third-order valence-electron chi connectivity index (χ3n) is 2.27. The highest BCUT2D eigenvalue weighted by Crippen LogP contribution is 2.14. The molecule has 0 aliphatic heterocycles. The molecule has 0 radical (unpaired) electrons. The highest BCUT2D eigenvalue weighted by Gasteiger charge is 2.04. The van der Waals surface area contributed by atoms with E-state index >= 15 is 0 Å². The van der Waals surface area contributed by atoms with Crippen molar-refractivity contribution in [3.8, 4) is 0 Å². The van der Waals surface area contributed by atoms with Crippen LogP contribution in [-0.4, -0.2) is 32.0 Å². The van der Waals surface area contributed by atoms with Crippen LogP contribution in [0.25, 0.3) is 0 Å². The van der Waals surface area contributed by atoms with Crippen molar-refractivity contribution in [3.05, 3.63) is 30.9 Å². The molecule has 0 aliphatic rings. The Morgan fingerprint density at radius 1 is 1.47 bits per heavy atom. The Hall–Kier alpha value is -1.56. The topological polar surface area (TPSA) is 55.6 Å². The molecule has 2 aromatic heterocycles. The first-order valence-corrected chi connectivity index (χ1v) is 6.60. The van der Waals surface area contributed by atoms with E-state index in [1.54, 1.807) is 24.3 Å². The Labute approximate surface area is 105 Å². The van der Waals surface area contributed by atoms with Crippen LogP contribution in [0.3, 0.4) is 0 Å². The maximum absolute atomic E-state index is 4.19. The second-order valence-corrected chi connectivity index (χ2v) is 4.55. The number of rotatable bonds is 5. The normalized spacial score (nSPS) is 12.4. The summed E-state index contributed by atoms with van der Waals surface area (Å²) in [6.45, 7) is 2.91. The van der Waals surface area contributed by atoms with Gasteiger partial charge >= 0.3 is 0 Å². The monoisotopic (exact) mass is 249 g/mol. The lowest BCUT2D eigenvalue weighted by Gasteiger charge is -2.14. The van der Waals surface area contributed by atoms with Gasteiger partial charge in [0.25, 0.3) is 0 Å². The van der Waals surface area contributed by atoms with Gasteiger partial charge in [-0.15, -0.1) is 11.8 Å². The quantitative estimate of drug-likeness (QED) is 0.648. The molecule has 0 fully saturated rings. The van der Waals surface area contributed by atoms with Crippen molar-refractivity contribution in [1.82, 2.24) is 19.7 Å². The van der Waals surface area contributed by atoms with Crippen molar-refractivity contribution < 1.29 is 0 Å². The Morgan fingerprint density at radius 2 is 2.35 bits per heavy atom. The number of nitrogens with zero attached hydrogens (tertiary/aromatic N) is 4. The van der Waals surface area contributed by atoms with Crippen LogP contribution in [0.15, 0.2) is 35.9 Å². The molecule has 6 heteroatoms. The van der Waals surface area contributed by atoms with Gasteiger partial charge in [-0.05, 0) is 19.2 Å². The van der Waals surface area contributed by atoms with Crippen molar-refractivity contribution in [2.24, 2.45) is 0 Å². The van der Waals surface area contributed by atoms with Gasteiger partial charge in [0.2, 0.25) is 0 Å². The van der Waals surface area contributed by atoms with Crippen LogP contribution in [0, 0.1) is 0 Å². The van der Waals surface area contributed by atoms with Crippen LogP contribution in [-0.2, 0) is 6.54 Å². The number of nitrogens with one attached hydrogen (secondary N) is 1. The fourth-order valence-corrected chi connectivity index (χ4v) is 1.90. The minimum absolute atomic E-state index is 0.263. The molecule has 1 unspecified atom stereocenters. The summed E-state index contributed by atoms with van der Waals surface area (Å²) < 4.78 is 1.90. The van der Waals surface area contributed by atoms with Crippen molar-refractivity contribution in [1.29, 1.82) is 0 Å². The molecule has 17 heavy (non-hydrogen) atoms. The van der Waals surface area contributed by atoms with Crippen LogP contribution in [0.1, 0.15) is 6.92 Å². The SMILES string of the molecule is CSc1cc(NC(C)Cn2cccn2)ncn1. The Kier molecular flexibility index (Phi) is 3.98. The predicted octanol–water partition coefficient (Wildman–Crippen LogP) is 1.90. The molecule has 0 aliphatic carbocycles. The van der Waals surface area contributed by atoms with Crippen molar-refractivity contribution >= 4 is 17.6 Å².